The van der Waals surface area contributed by atoms with Crippen molar-refractivity contribution in [1.29, 1.82) is 0 Å². The normalized spacial score (nSPS) is 9.86. The Morgan fingerprint density at radius 2 is 1.79 bits per heavy atom. The van der Waals surface area contributed by atoms with E-state index in [-0.39, 0.29) is 24.7 Å². The lowest BCUT2D eigenvalue weighted by Crippen LogP contribution is -2.25. The molecule has 0 aromatic rings. The molecule has 0 aliphatic carbocycles. The minimum Gasteiger partial charge on any atom is -0.396 e. The van der Waals surface area contributed by atoms with Gasteiger partial charge in [0.15, 0.2) is 0 Å². The Morgan fingerprint density at radius 3 is 2.36 bits per heavy atom. The highest BCUT2D eigenvalue weighted by atomic mass is 16.2. The number of aliphatic hydroxyl groups is 1. The van der Waals surface area contributed by atoms with E-state index in [0.29, 0.717) is 6.54 Å². The molecule has 0 saturated carbocycles. The monoisotopic (exact) mass is 201 g/mol. The second-order valence-corrected chi connectivity index (χ2v) is 3.37. The first kappa shape index (κ1) is 13.1. The van der Waals surface area contributed by atoms with Gasteiger partial charge in [0.2, 0.25) is 5.91 Å². The van der Waals surface area contributed by atoms with Crippen molar-refractivity contribution in [3.05, 3.63) is 0 Å². The van der Waals surface area contributed by atoms with Gasteiger partial charge in [-0.1, -0.05) is 12.8 Å². The maximum atomic E-state index is 11.0. The van der Waals surface area contributed by atoms with E-state index >= 15 is 0 Å². The minimum absolute atomic E-state index is 0.0172. The van der Waals surface area contributed by atoms with Crippen molar-refractivity contribution >= 4 is 11.7 Å². The van der Waals surface area contributed by atoms with Crippen molar-refractivity contribution in [3.8, 4) is 0 Å². The Bertz CT molecular complexity index is 180. The molecule has 0 bridgehead atoms. The quantitative estimate of drug-likeness (QED) is 0.447. The van der Waals surface area contributed by atoms with E-state index in [4.69, 9.17) is 5.11 Å². The molecule has 4 nitrogen and oxygen atoms in total. The maximum absolute atomic E-state index is 11.0. The maximum Gasteiger partial charge on any atom is 0.227 e. The zero-order valence-electron chi connectivity index (χ0n) is 8.71. The summed E-state index contributed by atoms with van der Waals surface area (Å²) in [4.78, 5) is 21.5. The van der Waals surface area contributed by atoms with Crippen molar-refractivity contribution in [2.24, 2.45) is 0 Å². The van der Waals surface area contributed by atoms with Gasteiger partial charge in [0.25, 0.3) is 0 Å². The number of Topliss-reactive ketones (excluding diaryl/α,β-unsaturated/α-hetero) is 1. The van der Waals surface area contributed by atoms with Gasteiger partial charge >= 0.3 is 0 Å². The first-order valence-corrected chi connectivity index (χ1v) is 5.04. The number of aliphatic hydroxyl groups excluding tert-OH is 1. The number of amides is 1. The summed E-state index contributed by atoms with van der Waals surface area (Å²) in [6.45, 7) is 2.26. The van der Waals surface area contributed by atoms with Crippen LogP contribution < -0.4 is 5.32 Å². The number of ketones is 1. The second-order valence-electron chi connectivity index (χ2n) is 3.37. The van der Waals surface area contributed by atoms with E-state index in [1.165, 1.54) is 6.92 Å². The highest BCUT2D eigenvalue weighted by Crippen LogP contribution is 1.97. The van der Waals surface area contributed by atoms with E-state index < -0.39 is 0 Å². The SMILES string of the molecule is CC(=O)CC(=O)NCCCCCCO. The van der Waals surface area contributed by atoms with E-state index in [1.54, 1.807) is 0 Å². The van der Waals surface area contributed by atoms with Gasteiger partial charge in [0.1, 0.15) is 5.78 Å². The lowest BCUT2D eigenvalue weighted by atomic mass is 10.2. The average Bonchev–Trinajstić information content (AvgIpc) is 2.10. The van der Waals surface area contributed by atoms with Gasteiger partial charge in [0, 0.05) is 13.2 Å². The molecule has 0 aliphatic rings. The highest BCUT2D eigenvalue weighted by molar-refractivity contribution is 5.96. The third-order valence-corrected chi connectivity index (χ3v) is 1.82. The van der Waals surface area contributed by atoms with Crippen LogP contribution in [0.2, 0.25) is 0 Å². The van der Waals surface area contributed by atoms with Gasteiger partial charge in [-0.15, -0.1) is 0 Å². The number of nitrogens with one attached hydrogen (secondary N) is 1. The number of unbranched alkanes of at least 4 members (excludes halogenated alkanes) is 3. The van der Waals surface area contributed by atoms with E-state index in [2.05, 4.69) is 5.32 Å². The fraction of sp³-hybridized carbons (Fsp3) is 0.800. The van der Waals surface area contributed by atoms with Gasteiger partial charge in [-0.05, 0) is 19.8 Å². The standard InChI is InChI=1S/C10H19NO3/c1-9(13)8-10(14)11-6-4-2-3-5-7-12/h12H,2-8H2,1H3,(H,11,14). The molecule has 0 fully saturated rings. The topological polar surface area (TPSA) is 66.4 Å². The zero-order valence-corrected chi connectivity index (χ0v) is 8.71. The lowest BCUT2D eigenvalue weighted by molar-refractivity contribution is -0.127. The Kier molecular flexibility index (Phi) is 8.13. The molecule has 14 heavy (non-hydrogen) atoms. The molecule has 0 aromatic heterocycles. The highest BCUT2D eigenvalue weighted by Gasteiger charge is 2.02. The molecule has 0 aliphatic heterocycles. The molecule has 0 atom stereocenters. The van der Waals surface area contributed by atoms with Crippen molar-refractivity contribution < 1.29 is 14.7 Å². The summed E-state index contributed by atoms with van der Waals surface area (Å²) < 4.78 is 0. The van der Waals surface area contributed by atoms with Crippen LogP contribution in [0.15, 0.2) is 0 Å². The third-order valence-electron chi connectivity index (χ3n) is 1.82. The van der Waals surface area contributed by atoms with Gasteiger partial charge in [0.05, 0.1) is 6.42 Å². The van der Waals surface area contributed by atoms with Crippen molar-refractivity contribution in [2.45, 2.75) is 39.0 Å². The van der Waals surface area contributed by atoms with Crippen LogP contribution in [0.1, 0.15) is 39.0 Å². The Morgan fingerprint density at radius 1 is 1.14 bits per heavy atom. The van der Waals surface area contributed by atoms with Gasteiger partial charge in [-0.2, -0.15) is 0 Å². The van der Waals surface area contributed by atoms with E-state index in [0.717, 1.165) is 25.7 Å². The zero-order chi connectivity index (χ0) is 10.8. The molecular formula is C10H19NO3. The van der Waals surface area contributed by atoms with E-state index in [9.17, 15) is 9.59 Å². The van der Waals surface area contributed by atoms with Crippen molar-refractivity contribution in [1.82, 2.24) is 5.32 Å². The molecule has 0 rings (SSSR count). The van der Waals surface area contributed by atoms with Gasteiger partial charge in [-0.3, -0.25) is 9.59 Å². The number of rotatable bonds is 8. The van der Waals surface area contributed by atoms with Gasteiger partial charge < -0.3 is 10.4 Å². The number of hydrogen-bond acceptors (Lipinski definition) is 3. The molecule has 4 heteroatoms. The summed E-state index contributed by atoms with van der Waals surface area (Å²) in [5.74, 6) is -0.303. The first-order valence-electron chi connectivity index (χ1n) is 5.04. The summed E-state index contributed by atoms with van der Waals surface area (Å²) in [6, 6.07) is 0. The van der Waals surface area contributed by atoms with Crippen molar-refractivity contribution in [2.75, 3.05) is 13.2 Å². The smallest absolute Gasteiger partial charge is 0.227 e. The largest absolute Gasteiger partial charge is 0.396 e. The molecule has 1 amide bonds. The molecule has 0 saturated heterocycles. The molecule has 82 valence electrons. The molecule has 0 aromatic carbocycles. The molecule has 0 unspecified atom stereocenters. The Hall–Kier alpha value is -0.900. The number of carbonyl (C=O) groups is 2. The fourth-order valence-electron chi connectivity index (χ4n) is 1.11. The third kappa shape index (κ3) is 9.19. The minimum atomic E-state index is -0.195. The number of hydrogen-bond donors (Lipinski definition) is 2. The predicted molar refractivity (Wildman–Crippen MR) is 53.9 cm³/mol. The van der Waals surface area contributed by atoms with E-state index in [1.807, 2.05) is 0 Å². The van der Waals surface area contributed by atoms with Crippen LogP contribution >= 0.6 is 0 Å². The average molecular weight is 201 g/mol. The van der Waals surface area contributed by atoms with Crippen LogP contribution in [0.3, 0.4) is 0 Å². The lowest BCUT2D eigenvalue weighted by Gasteiger charge is -2.03. The molecular weight excluding hydrogens is 182 g/mol. The molecule has 0 heterocycles. The molecule has 2 N–H and O–H groups in total. The predicted octanol–water partition coefficient (Wildman–Crippen LogP) is 0.634. The van der Waals surface area contributed by atoms with Crippen LogP contribution in [0.5, 0.6) is 0 Å². The Labute approximate surface area is 84.7 Å². The summed E-state index contributed by atoms with van der Waals surface area (Å²) in [6.07, 6.45) is 3.70. The summed E-state index contributed by atoms with van der Waals surface area (Å²) in [7, 11) is 0. The summed E-state index contributed by atoms with van der Waals surface area (Å²) in [5, 5.41) is 11.2. The van der Waals surface area contributed by atoms with Crippen LogP contribution in [0.4, 0.5) is 0 Å². The Balaban J connectivity index is 3.19. The van der Waals surface area contributed by atoms with Gasteiger partial charge in [-0.25, -0.2) is 0 Å². The summed E-state index contributed by atoms with van der Waals surface area (Å²) >= 11 is 0. The fourth-order valence-corrected chi connectivity index (χ4v) is 1.11. The van der Waals surface area contributed by atoms with Crippen LogP contribution in [-0.2, 0) is 9.59 Å². The van der Waals surface area contributed by atoms with Crippen LogP contribution in [0.25, 0.3) is 0 Å². The first-order chi connectivity index (χ1) is 6.66. The summed E-state index contributed by atoms with van der Waals surface area (Å²) in [5.41, 5.74) is 0. The van der Waals surface area contributed by atoms with Crippen molar-refractivity contribution in [3.63, 3.8) is 0 Å². The number of carbonyl (C=O) groups excluding carboxylic acids is 2. The van der Waals surface area contributed by atoms with Crippen LogP contribution in [0, 0.1) is 0 Å². The second kappa shape index (κ2) is 8.69. The molecule has 0 radical (unpaired) electrons. The van der Waals surface area contributed by atoms with Crippen LogP contribution in [-0.4, -0.2) is 29.9 Å². The molecule has 0 spiro atoms.